The summed E-state index contributed by atoms with van der Waals surface area (Å²) in [6.45, 7) is 5.36. The summed E-state index contributed by atoms with van der Waals surface area (Å²) < 4.78 is 0. The lowest BCUT2D eigenvalue weighted by Crippen LogP contribution is -2.25. The van der Waals surface area contributed by atoms with Crippen LogP contribution in [0.25, 0.3) is 0 Å². The van der Waals surface area contributed by atoms with Gasteiger partial charge in [-0.05, 0) is 51.6 Å². The molecule has 21 heavy (non-hydrogen) atoms. The summed E-state index contributed by atoms with van der Waals surface area (Å²) in [4.78, 5) is 14.0. The second-order valence-electron chi connectivity index (χ2n) is 5.52. The molecular weight excluding hydrogens is 264 g/mol. The summed E-state index contributed by atoms with van der Waals surface area (Å²) in [7, 11) is 1.97. The number of carbonyl (C=O) groups is 1. The van der Waals surface area contributed by atoms with Gasteiger partial charge in [-0.3, -0.25) is 4.79 Å². The van der Waals surface area contributed by atoms with E-state index in [0.29, 0.717) is 12.1 Å². The average molecular weight is 288 g/mol. The molecule has 1 aromatic rings. The van der Waals surface area contributed by atoms with Crippen molar-refractivity contribution in [2.24, 2.45) is 5.92 Å². The Kier molecular flexibility index (Phi) is 6.70. The molecule has 1 amide bonds. The largest absolute Gasteiger partial charge is 0.399 e. The Bertz CT molecular complexity index is 521. The van der Waals surface area contributed by atoms with Crippen LogP contribution in [0.4, 0.5) is 11.4 Å². The van der Waals surface area contributed by atoms with Crippen LogP contribution in [0, 0.1) is 24.2 Å². The Balaban J connectivity index is 2.35. The van der Waals surface area contributed by atoms with Crippen LogP contribution in [0.2, 0.25) is 0 Å². The fourth-order valence-corrected chi connectivity index (χ4v) is 2.10. The highest BCUT2D eigenvalue weighted by molar-refractivity contribution is 5.91. The molecule has 0 aliphatic heterocycles. The molecule has 0 spiro atoms. The van der Waals surface area contributed by atoms with Crippen molar-refractivity contribution in [3.63, 3.8) is 0 Å². The van der Waals surface area contributed by atoms with Crippen LogP contribution in [-0.4, -0.2) is 30.9 Å². The number of amides is 1. The lowest BCUT2D eigenvalue weighted by molar-refractivity contribution is -0.116. The molecule has 1 unspecified atom stereocenters. The Labute approximate surface area is 126 Å². The molecular formula is C16H24N4O. The van der Waals surface area contributed by atoms with E-state index in [9.17, 15) is 4.79 Å². The van der Waals surface area contributed by atoms with Crippen molar-refractivity contribution in [1.29, 1.82) is 5.26 Å². The fourth-order valence-electron chi connectivity index (χ4n) is 2.10. The van der Waals surface area contributed by atoms with Crippen molar-refractivity contribution in [2.75, 3.05) is 31.2 Å². The number of nitrogens with two attached hydrogens (primary N) is 1. The quantitative estimate of drug-likeness (QED) is 0.755. The number of benzene rings is 1. The minimum absolute atomic E-state index is 0.00886. The van der Waals surface area contributed by atoms with Gasteiger partial charge in [0.1, 0.15) is 0 Å². The van der Waals surface area contributed by atoms with E-state index in [2.05, 4.69) is 16.3 Å². The zero-order valence-electron chi connectivity index (χ0n) is 13.0. The maximum atomic E-state index is 11.9. The van der Waals surface area contributed by atoms with Crippen molar-refractivity contribution in [1.82, 2.24) is 4.90 Å². The summed E-state index contributed by atoms with van der Waals surface area (Å²) in [5.41, 5.74) is 8.13. The molecule has 0 aliphatic rings. The standard InChI is InChI=1S/C16H24N4O/c1-12(10-17)11-20(3)8-4-5-16(21)19-15-9-14(18)7-6-13(15)2/h6-7,9,12H,4-5,8,11,18H2,1-3H3,(H,19,21). The Morgan fingerprint density at radius 2 is 2.24 bits per heavy atom. The van der Waals surface area contributed by atoms with Crippen LogP contribution in [0.5, 0.6) is 0 Å². The molecule has 1 rings (SSSR count). The monoisotopic (exact) mass is 288 g/mol. The predicted octanol–water partition coefficient (Wildman–Crippen LogP) is 2.39. The van der Waals surface area contributed by atoms with Gasteiger partial charge in [0, 0.05) is 24.3 Å². The number of nitrogens with zero attached hydrogens (tertiary/aromatic N) is 2. The first-order chi connectivity index (χ1) is 9.92. The molecule has 0 saturated carbocycles. The summed E-state index contributed by atoms with van der Waals surface area (Å²) in [6.07, 6.45) is 1.22. The van der Waals surface area contributed by atoms with E-state index < -0.39 is 0 Å². The first-order valence-corrected chi connectivity index (χ1v) is 7.16. The summed E-state index contributed by atoms with van der Waals surface area (Å²) in [5.74, 6) is 0.00389. The highest BCUT2D eigenvalue weighted by Crippen LogP contribution is 2.18. The lowest BCUT2D eigenvalue weighted by Gasteiger charge is -2.17. The normalized spacial score (nSPS) is 12.0. The Morgan fingerprint density at radius 3 is 2.90 bits per heavy atom. The van der Waals surface area contributed by atoms with E-state index in [1.54, 1.807) is 6.07 Å². The molecule has 0 bridgehead atoms. The van der Waals surface area contributed by atoms with Gasteiger partial charge in [0.15, 0.2) is 0 Å². The van der Waals surface area contributed by atoms with Crippen LogP contribution in [0.1, 0.15) is 25.3 Å². The maximum absolute atomic E-state index is 11.9. The zero-order chi connectivity index (χ0) is 15.8. The second-order valence-corrected chi connectivity index (χ2v) is 5.52. The van der Waals surface area contributed by atoms with Gasteiger partial charge in [-0.25, -0.2) is 0 Å². The molecule has 0 saturated heterocycles. The number of hydrogen-bond acceptors (Lipinski definition) is 4. The van der Waals surface area contributed by atoms with Gasteiger partial charge in [-0.15, -0.1) is 0 Å². The molecule has 0 heterocycles. The van der Waals surface area contributed by atoms with Crippen LogP contribution < -0.4 is 11.1 Å². The number of carbonyl (C=O) groups excluding carboxylic acids is 1. The summed E-state index contributed by atoms with van der Waals surface area (Å²) in [5, 5.41) is 11.6. The molecule has 0 fully saturated rings. The third-order valence-electron chi connectivity index (χ3n) is 3.29. The van der Waals surface area contributed by atoms with Crippen molar-refractivity contribution in [3.8, 4) is 6.07 Å². The number of rotatable bonds is 7. The first-order valence-electron chi connectivity index (χ1n) is 7.16. The van der Waals surface area contributed by atoms with E-state index in [1.807, 2.05) is 33.0 Å². The molecule has 0 aromatic heterocycles. The molecule has 0 radical (unpaired) electrons. The van der Waals surface area contributed by atoms with E-state index in [1.165, 1.54) is 0 Å². The van der Waals surface area contributed by atoms with Gasteiger partial charge in [0.05, 0.1) is 12.0 Å². The van der Waals surface area contributed by atoms with E-state index in [4.69, 9.17) is 11.0 Å². The Hall–Kier alpha value is -2.06. The topological polar surface area (TPSA) is 82.2 Å². The highest BCUT2D eigenvalue weighted by atomic mass is 16.1. The molecule has 114 valence electrons. The molecule has 1 aromatic carbocycles. The van der Waals surface area contributed by atoms with Gasteiger partial charge in [0.25, 0.3) is 0 Å². The van der Waals surface area contributed by atoms with Gasteiger partial charge in [0.2, 0.25) is 5.91 Å². The highest BCUT2D eigenvalue weighted by Gasteiger charge is 2.08. The van der Waals surface area contributed by atoms with E-state index >= 15 is 0 Å². The minimum atomic E-state index is -0.00886. The number of nitrogens with one attached hydrogen (secondary N) is 1. The maximum Gasteiger partial charge on any atom is 0.224 e. The summed E-state index contributed by atoms with van der Waals surface area (Å²) >= 11 is 0. The second kappa shape index (κ2) is 8.28. The van der Waals surface area contributed by atoms with Crippen LogP contribution in [0.3, 0.4) is 0 Å². The predicted molar refractivity (Wildman–Crippen MR) is 85.7 cm³/mol. The van der Waals surface area contributed by atoms with Gasteiger partial charge < -0.3 is 16.0 Å². The first kappa shape index (κ1) is 17.0. The zero-order valence-corrected chi connectivity index (χ0v) is 13.0. The minimum Gasteiger partial charge on any atom is -0.399 e. The fraction of sp³-hybridized carbons (Fsp3) is 0.500. The van der Waals surface area contributed by atoms with Gasteiger partial charge in [-0.2, -0.15) is 5.26 Å². The van der Waals surface area contributed by atoms with Gasteiger partial charge in [-0.1, -0.05) is 6.07 Å². The molecule has 5 heteroatoms. The number of hydrogen-bond donors (Lipinski definition) is 2. The van der Waals surface area contributed by atoms with Crippen LogP contribution in [-0.2, 0) is 4.79 Å². The molecule has 0 aliphatic carbocycles. The van der Waals surface area contributed by atoms with Crippen LogP contribution >= 0.6 is 0 Å². The van der Waals surface area contributed by atoms with E-state index in [0.717, 1.165) is 30.8 Å². The van der Waals surface area contributed by atoms with Gasteiger partial charge >= 0.3 is 0 Å². The Morgan fingerprint density at radius 1 is 1.52 bits per heavy atom. The number of nitriles is 1. The molecule has 1 atom stereocenters. The third-order valence-corrected chi connectivity index (χ3v) is 3.29. The van der Waals surface area contributed by atoms with Crippen LogP contribution in [0.15, 0.2) is 18.2 Å². The van der Waals surface area contributed by atoms with Crippen molar-refractivity contribution in [3.05, 3.63) is 23.8 Å². The number of nitrogen functional groups attached to an aromatic ring is 1. The number of aryl methyl sites for hydroxylation is 1. The molecule has 5 nitrogen and oxygen atoms in total. The molecule has 3 N–H and O–H groups in total. The SMILES string of the molecule is Cc1ccc(N)cc1NC(=O)CCCN(C)CC(C)C#N. The smallest absolute Gasteiger partial charge is 0.224 e. The average Bonchev–Trinajstić information content (AvgIpc) is 2.42. The van der Waals surface area contributed by atoms with Crippen molar-refractivity contribution < 1.29 is 4.79 Å². The van der Waals surface area contributed by atoms with Crippen molar-refractivity contribution in [2.45, 2.75) is 26.7 Å². The van der Waals surface area contributed by atoms with Crippen molar-refractivity contribution >= 4 is 17.3 Å². The third kappa shape index (κ3) is 6.28. The van der Waals surface area contributed by atoms with E-state index in [-0.39, 0.29) is 11.8 Å². The number of anilines is 2. The summed E-state index contributed by atoms with van der Waals surface area (Å²) in [6, 6.07) is 7.68. The lowest BCUT2D eigenvalue weighted by atomic mass is 10.1.